The smallest absolute Gasteiger partial charge is 0.319 e. The van der Waals surface area contributed by atoms with Crippen molar-refractivity contribution in [3.8, 4) is 0 Å². The van der Waals surface area contributed by atoms with Gasteiger partial charge in [0.25, 0.3) is 0 Å². The fraction of sp³-hybridized carbons (Fsp3) is 0.909. The van der Waals surface area contributed by atoms with Crippen molar-refractivity contribution in [1.29, 1.82) is 0 Å². The maximum absolute atomic E-state index is 11.3. The lowest BCUT2D eigenvalue weighted by molar-refractivity contribution is -0.143. The van der Waals surface area contributed by atoms with Crippen LogP contribution in [0.25, 0.3) is 0 Å². The second-order valence-corrected chi connectivity index (χ2v) is 3.98. The third-order valence-electron chi connectivity index (χ3n) is 2.64. The van der Waals surface area contributed by atoms with E-state index in [-0.39, 0.29) is 5.97 Å². The lowest BCUT2D eigenvalue weighted by Crippen LogP contribution is -2.44. The molecule has 0 heterocycles. The number of nitrogens with zero attached hydrogens (tertiary/aromatic N) is 1. The second kappa shape index (κ2) is 7.65. The molecule has 4 heteroatoms. The average molecular weight is 216 g/mol. The first kappa shape index (κ1) is 14.4. The third kappa shape index (κ3) is 5.14. The number of ether oxygens (including phenoxy) is 1. The minimum Gasteiger partial charge on any atom is -0.468 e. The number of esters is 1. The number of rotatable bonds is 7. The molecule has 0 amide bonds. The highest BCUT2D eigenvalue weighted by molar-refractivity contribution is 5.71. The van der Waals surface area contributed by atoms with Gasteiger partial charge in [-0.2, -0.15) is 0 Å². The highest BCUT2D eigenvalue weighted by Crippen LogP contribution is 2.12. The van der Waals surface area contributed by atoms with E-state index in [2.05, 4.69) is 25.7 Å². The Kier molecular flexibility index (Phi) is 7.34. The van der Waals surface area contributed by atoms with Crippen molar-refractivity contribution < 1.29 is 9.53 Å². The van der Waals surface area contributed by atoms with Gasteiger partial charge in [-0.25, -0.2) is 0 Å². The molecule has 1 unspecified atom stereocenters. The van der Waals surface area contributed by atoms with E-state index in [1.807, 2.05) is 0 Å². The van der Waals surface area contributed by atoms with Gasteiger partial charge in [0, 0.05) is 12.1 Å². The largest absolute Gasteiger partial charge is 0.468 e. The SMILES string of the molecule is CCC(CCN)N(CC(=O)OC)C(C)C. The number of nitrogens with two attached hydrogens (primary N) is 1. The molecule has 4 nitrogen and oxygen atoms in total. The molecule has 90 valence electrons. The summed E-state index contributed by atoms with van der Waals surface area (Å²) in [5.74, 6) is -0.181. The van der Waals surface area contributed by atoms with Crippen LogP contribution in [0.4, 0.5) is 0 Å². The zero-order chi connectivity index (χ0) is 11.8. The zero-order valence-electron chi connectivity index (χ0n) is 10.3. The van der Waals surface area contributed by atoms with Gasteiger partial charge in [0.15, 0.2) is 0 Å². The van der Waals surface area contributed by atoms with E-state index < -0.39 is 0 Å². The average Bonchev–Trinajstić information content (AvgIpc) is 2.22. The Bertz CT molecular complexity index is 183. The van der Waals surface area contributed by atoms with Crippen LogP contribution in [0.1, 0.15) is 33.6 Å². The van der Waals surface area contributed by atoms with Crippen molar-refractivity contribution in [3.05, 3.63) is 0 Å². The van der Waals surface area contributed by atoms with Gasteiger partial charge in [-0.15, -0.1) is 0 Å². The van der Waals surface area contributed by atoms with Crippen molar-refractivity contribution in [3.63, 3.8) is 0 Å². The summed E-state index contributed by atoms with van der Waals surface area (Å²) in [6, 6.07) is 0.703. The van der Waals surface area contributed by atoms with Crippen LogP contribution in [0, 0.1) is 0 Å². The molecule has 0 aromatic carbocycles. The van der Waals surface area contributed by atoms with Gasteiger partial charge in [-0.05, 0) is 33.2 Å². The first-order valence-corrected chi connectivity index (χ1v) is 5.59. The number of methoxy groups -OCH3 is 1. The van der Waals surface area contributed by atoms with Crippen LogP contribution in [-0.2, 0) is 9.53 Å². The predicted octanol–water partition coefficient (Wildman–Crippen LogP) is 0.997. The van der Waals surface area contributed by atoms with Crippen molar-refractivity contribution in [1.82, 2.24) is 4.90 Å². The summed E-state index contributed by atoms with van der Waals surface area (Å²) in [7, 11) is 1.42. The predicted molar refractivity (Wildman–Crippen MR) is 61.6 cm³/mol. The Morgan fingerprint density at radius 1 is 1.47 bits per heavy atom. The summed E-state index contributed by atoms with van der Waals surface area (Å²) >= 11 is 0. The minimum atomic E-state index is -0.181. The first-order valence-electron chi connectivity index (χ1n) is 5.59. The summed E-state index contributed by atoms with van der Waals surface area (Å²) in [5, 5.41) is 0. The van der Waals surface area contributed by atoms with Gasteiger partial charge in [0.05, 0.1) is 13.7 Å². The molecule has 0 aromatic rings. The van der Waals surface area contributed by atoms with Gasteiger partial charge in [0.2, 0.25) is 0 Å². The Morgan fingerprint density at radius 3 is 2.40 bits per heavy atom. The van der Waals surface area contributed by atoms with Crippen LogP contribution in [0.3, 0.4) is 0 Å². The maximum Gasteiger partial charge on any atom is 0.319 e. The van der Waals surface area contributed by atoms with Gasteiger partial charge < -0.3 is 10.5 Å². The molecule has 0 radical (unpaired) electrons. The van der Waals surface area contributed by atoms with Crippen molar-refractivity contribution >= 4 is 5.97 Å². The standard InChI is InChI=1S/C11H24N2O2/c1-5-10(6-7-12)13(9(2)3)8-11(14)15-4/h9-10H,5-8,12H2,1-4H3. The normalized spacial score (nSPS) is 13.3. The molecule has 0 aliphatic heterocycles. The number of carbonyl (C=O) groups excluding carboxylic acids is 1. The molecule has 0 aliphatic rings. The molecule has 0 aliphatic carbocycles. The molecule has 0 saturated carbocycles. The molecule has 0 aromatic heterocycles. The topological polar surface area (TPSA) is 55.6 Å². The van der Waals surface area contributed by atoms with E-state index in [1.165, 1.54) is 7.11 Å². The Morgan fingerprint density at radius 2 is 2.07 bits per heavy atom. The van der Waals surface area contributed by atoms with Crippen LogP contribution in [-0.4, -0.2) is 43.2 Å². The molecule has 1 atom stereocenters. The van der Waals surface area contributed by atoms with E-state index in [0.717, 1.165) is 12.8 Å². The molecular weight excluding hydrogens is 192 g/mol. The number of hydrogen-bond donors (Lipinski definition) is 1. The first-order chi connectivity index (χ1) is 7.06. The van der Waals surface area contributed by atoms with Crippen LogP contribution in [0.5, 0.6) is 0 Å². The van der Waals surface area contributed by atoms with Crippen LogP contribution in [0.15, 0.2) is 0 Å². The van der Waals surface area contributed by atoms with E-state index >= 15 is 0 Å². The van der Waals surface area contributed by atoms with E-state index in [0.29, 0.717) is 25.2 Å². The van der Waals surface area contributed by atoms with Crippen LogP contribution in [0.2, 0.25) is 0 Å². The Labute approximate surface area is 92.8 Å². The minimum absolute atomic E-state index is 0.181. The van der Waals surface area contributed by atoms with Gasteiger partial charge in [-0.1, -0.05) is 6.92 Å². The van der Waals surface area contributed by atoms with Crippen molar-refractivity contribution in [2.45, 2.75) is 45.7 Å². The summed E-state index contributed by atoms with van der Waals surface area (Å²) in [6.07, 6.45) is 1.93. The van der Waals surface area contributed by atoms with E-state index in [1.54, 1.807) is 0 Å². The van der Waals surface area contributed by atoms with Crippen LogP contribution < -0.4 is 5.73 Å². The van der Waals surface area contributed by atoms with E-state index in [4.69, 9.17) is 10.5 Å². The highest BCUT2D eigenvalue weighted by atomic mass is 16.5. The van der Waals surface area contributed by atoms with Crippen molar-refractivity contribution in [2.24, 2.45) is 5.73 Å². The molecule has 2 N–H and O–H groups in total. The number of hydrogen-bond acceptors (Lipinski definition) is 4. The fourth-order valence-corrected chi connectivity index (χ4v) is 1.74. The molecule has 0 saturated heterocycles. The summed E-state index contributed by atoms with van der Waals surface area (Å²) in [4.78, 5) is 13.4. The lowest BCUT2D eigenvalue weighted by atomic mass is 10.1. The van der Waals surface area contributed by atoms with Gasteiger partial charge in [-0.3, -0.25) is 9.69 Å². The van der Waals surface area contributed by atoms with Crippen molar-refractivity contribution in [2.75, 3.05) is 20.2 Å². The third-order valence-corrected chi connectivity index (χ3v) is 2.64. The Balaban J connectivity index is 4.40. The van der Waals surface area contributed by atoms with Gasteiger partial charge >= 0.3 is 5.97 Å². The molecule has 15 heavy (non-hydrogen) atoms. The molecule has 0 bridgehead atoms. The zero-order valence-corrected chi connectivity index (χ0v) is 10.3. The lowest BCUT2D eigenvalue weighted by Gasteiger charge is -2.33. The summed E-state index contributed by atoms with van der Waals surface area (Å²) < 4.78 is 4.69. The van der Waals surface area contributed by atoms with E-state index in [9.17, 15) is 4.79 Å². The monoisotopic (exact) mass is 216 g/mol. The van der Waals surface area contributed by atoms with Crippen LogP contribution >= 0.6 is 0 Å². The maximum atomic E-state index is 11.3. The quantitative estimate of drug-likeness (QED) is 0.645. The second-order valence-electron chi connectivity index (χ2n) is 3.98. The summed E-state index contributed by atoms with van der Waals surface area (Å²) in [5.41, 5.74) is 5.56. The molecular formula is C11H24N2O2. The van der Waals surface area contributed by atoms with Gasteiger partial charge in [0.1, 0.15) is 0 Å². The number of carbonyl (C=O) groups is 1. The Hall–Kier alpha value is -0.610. The summed E-state index contributed by atoms with van der Waals surface area (Å²) in [6.45, 7) is 7.30. The highest BCUT2D eigenvalue weighted by Gasteiger charge is 2.21. The fourth-order valence-electron chi connectivity index (χ4n) is 1.74. The molecule has 0 rings (SSSR count). The molecule has 0 fully saturated rings. The molecule has 0 spiro atoms.